The van der Waals surface area contributed by atoms with Crippen LogP contribution in [0, 0.1) is 28.6 Å². The van der Waals surface area contributed by atoms with Crippen LogP contribution in [0.2, 0.25) is 0 Å². The number of fused-ring (bicyclic) bond motifs is 2. The van der Waals surface area contributed by atoms with E-state index >= 15 is 0 Å². The van der Waals surface area contributed by atoms with Crippen LogP contribution in [0.1, 0.15) is 39.0 Å². The lowest BCUT2D eigenvalue weighted by atomic mass is 9.46. The van der Waals surface area contributed by atoms with Crippen molar-refractivity contribution in [2.45, 2.75) is 39.0 Å². The van der Waals surface area contributed by atoms with E-state index in [0.717, 1.165) is 43.3 Å². The number of ketones is 2. The molecule has 0 aromatic rings. The van der Waals surface area contributed by atoms with Gasteiger partial charge in [0.25, 0.3) is 0 Å². The van der Waals surface area contributed by atoms with Crippen molar-refractivity contribution in [2.24, 2.45) is 28.6 Å². The van der Waals surface area contributed by atoms with E-state index in [1.54, 1.807) is 12.2 Å². The number of rotatable bonds is 0. The third kappa shape index (κ3) is 1.46. The van der Waals surface area contributed by atoms with Crippen LogP contribution in [-0.4, -0.2) is 11.6 Å². The monoisotopic (exact) mass is 306 g/mol. The van der Waals surface area contributed by atoms with Crippen LogP contribution < -0.4 is 0 Å². The second-order valence-corrected chi connectivity index (χ2v) is 8.38. The van der Waals surface area contributed by atoms with Crippen molar-refractivity contribution in [2.75, 3.05) is 0 Å². The van der Waals surface area contributed by atoms with Gasteiger partial charge in [-0.15, -0.1) is 0 Å². The molecule has 0 heterocycles. The highest BCUT2D eigenvalue weighted by Gasteiger charge is 2.62. The molecule has 3 fully saturated rings. The van der Waals surface area contributed by atoms with E-state index in [0.29, 0.717) is 23.5 Å². The summed E-state index contributed by atoms with van der Waals surface area (Å²) < 4.78 is 0. The highest BCUT2D eigenvalue weighted by Crippen LogP contribution is 2.69. The molecule has 2 nitrogen and oxygen atoms in total. The first kappa shape index (κ1) is 13.7. The van der Waals surface area contributed by atoms with Gasteiger partial charge in [-0.3, -0.25) is 9.59 Å². The molecule has 0 bridgehead atoms. The lowest BCUT2D eigenvalue weighted by Crippen LogP contribution is -2.50. The van der Waals surface area contributed by atoms with Gasteiger partial charge < -0.3 is 0 Å². The number of carbonyl (C=O) groups is 2. The van der Waals surface area contributed by atoms with Crippen molar-refractivity contribution in [1.82, 2.24) is 0 Å². The zero-order valence-electron chi connectivity index (χ0n) is 13.6. The van der Waals surface area contributed by atoms with Gasteiger partial charge in [0.1, 0.15) is 5.78 Å². The quantitative estimate of drug-likeness (QED) is 0.635. The summed E-state index contributed by atoms with van der Waals surface area (Å²) in [6, 6.07) is 0. The van der Waals surface area contributed by atoms with Crippen LogP contribution in [-0.2, 0) is 9.59 Å². The van der Waals surface area contributed by atoms with Gasteiger partial charge >= 0.3 is 0 Å². The lowest BCUT2D eigenvalue weighted by Gasteiger charge is -2.57. The summed E-state index contributed by atoms with van der Waals surface area (Å²) in [6.07, 6.45) is 12.8. The first-order chi connectivity index (χ1) is 11.0. The average molecular weight is 306 g/mol. The van der Waals surface area contributed by atoms with Gasteiger partial charge in [-0.25, -0.2) is 0 Å². The van der Waals surface area contributed by atoms with E-state index in [9.17, 15) is 9.59 Å². The Balaban J connectivity index is 1.67. The summed E-state index contributed by atoms with van der Waals surface area (Å²) in [5.41, 5.74) is 3.54. The Morgan fingerprint density at radius 1 is 1.26 bits per heavy atom. The largest absolute Gasteiger partial charge is 0.299 e. The van der Waals surface area contributed by atoms with Crippen molar-refractivity contribution in [3.63, 3.8) is 0 Å². The van der Waals surface area contributed by atoms with Gasteiger partial charge in [0, 0.05) is 17.3 Å². The molecule has 3 saturated carbocycles. The number of carbonyl (C=O) groups excluding carboxylic acids is 2. The van der Waals surface area contributed by atoms with Crippen LogP contribution in [0.25, 0.3) is 0 Å². The summed E-state index contributed by atoms with van der Waals surface area (Å²) in [5, 5.41) is 0. The zero-order chi connectivity index (χ0) is 16.0. The van der Waals surface area contributed by atoms with Crippen LogP contribution >= 0.6 is 0 Å². The second-order valence-electron chi connectivity index (χ2n) is 8.38. The number of hydrogen-bond donors (Lipinski definition) is 0. The van der Waals surface area contributed by atoms with E-state index in [1.165, 1.54) is 5.57 Å². The smallest absolute Gasteiger partial charge is 0.178 e. The number of hydrogen-bond acceptors (Lipinski definition) is 2. The summed E-state index contributed by atoms with van der Waals surface area (Å²) in [4.78, 5) is 24.4. The molecule has 1 unspecified atom stereocenters. The summed E-state index contributed by atoms with van der Waals surface area (Å²) in [5.74, 6) is 2.03. The van der Waals surface area contributed by atoms with Crippen molar-refractivity contribution in [1.29, 1.82) is 0 Å². The first-order valence-corrected chi connectivity index (χ1v) is 8.84. The van der Waals surface area contributed by atoms with Gasteiger partial charge in [-0.1, -0.05) is 36.8 Å². The molecule has 1 spiro atoms. The molecule has 0 aliphatic heterocycles. The summed E-state index contributed by atoms with van der Waals surface area (Å²) >= 11 is 0. The maximum atomic E-state index is 12.6. The molecule has 0 radical (unpaired) electrons. The molecule has 0 aromatic carbocycles. The zero-order valence-corrected chi connectivity index (χ0v) is 13.6. The topological polar surface area (TPSA) is 34.1 Å². The van der Waals surface area contributed by atoms with Crippen LogP contribution in [0.5, 0.6) is 0 Å². The molecule has 118 valence electrons. The Morgan fingerprint density at radius 3 is 2.91 bits per heavy atom. The molecule has 5 rings (SSSR count). The van der Waals surface area contributed by atoms with Gasteiger partial charge in [0.05, 0.1) is 0 Å². The van der Waals surface area contributed by atoms with E-state index in [4.69, 9.17) is 0 Å². The Hall–Kier alpha value is -1.70. The molecule has 5 aliphatic rings. The predicted octanol–water partition coefficient (Wildman–Crippen LogP) is 3.95. The van der Waals surface area contributed by atoms with E-state index in [-0.39, 0.29) is 16.6 Å². The number of Topliss-reactive ketones (excluding diaryl/α,β-unsaturated/α-hetero) is 1. The van der Waals surface area contributed by atoms with Crippen molar-refractivity contribution < 1.29 is 9.59 Å². The molecular formula is C21H22O2. The molecule has 0 amide bonds. The van der Waals surface area contributed by atoms with Crippen LogP contribution in [0.15, 0.2) is 47.6 Å². The summed E-state index contributed by atoms with van der Waals surface area (Å²) in [6.45, 7) is 6.52. The van der Waals surface area contributed by atoms with E-state index < -0.39 is 0 Å². The fraction of sp³-hybridized carbons (Fsp3) is 0.524. The van der Waals surface area contributed by atoms with Gasteiger partial charge in [0.15, 0.2) is 5.78 Å². The van der Waals surface area contributed by atoms with Gasteiger partial charge in [0.2, 0.25) is 0 Å². The van der Waals surface area contributed by atoms with E-state index in [1.807, 2.05) is 0 Å². The highest BCUT2D eigenvalue weighted by atomic mass is 16.1. The maximum absolute atomic E-state index is 12.6. The minimum absolute atomic E-state index is 0.0848. The fourth-order valence-electron chi connectivity index (χ4n) is 6.38. The van der Waals surface area contributed by atoms with Crippen LogP contribution in [0.3, 0.4) is 0 Å². The van der Waals surface area contributed by atoms with E-state index in [2.05, 4.69) is 25.7 Å². The molecular weight excluding hydrogens is 284 g/mol. The minimum Gasteiger partial charge on any atom is -0.299 e. The molecule has 23 heavy (non-hydrogen) atoms. The Morgan fingerprint density at radius 2 is 2.09 bits per heavy atom. The van der Waals surface area contributed by atoms with Crippen molar-refractivity contribution in [3.8, 4) is 0 Å². The normalized spacial score (nSPS) is 47.0. The lowest BCUT2D eigenvalue weighted by molar-refractivity contribution is -0.127. The highest BCUT2D eigenvalue weighted by molar-refractivity contribution is 6.02. The minimum atomic E-state index is -0.139. The predicted molar refractivity (Wildman–Crippen MR) is 88.6 cm³/mol. The summed E-state index contributed by atoms with van der Waals surface area (Å²) in [7, 11) is 0. The fourth-order valence-corrected chi connectivity index (χ4v) is 6.38. The van der Waals surface area contributed by atoms with Gasteiger partial charge in [-0.2, -0.15) is 0 Å². The number of allylic oxidation sites excluding steroid dienone is 7. The SMILES string of the molecule is C=C1C[C@@H]2C3C(=C[C@@]34C=CC(=O)C=C14)CC[C@]1(C)C(=O)CC[C@@H]21. The average Bonchev–Trinajstić information content (AvgIpc) is 2.73. The van der Waals surface area contributed by atoms with Gasteiger partial charge in [-0.05, 0) is 61.2 Å². The third-order valence-electron chi connectivity index (χ3n) is 7.49. The van der Waals surface area contributed by atoms with Crippen LogP contribution in [0.4, 0.5) is 0 Å². The van der Waals surface area contributed by atoms with Crippen molar-refractivity contribution in [3.05, 3.63) is 47.6 Å². The molecule has 5 atom stereocenters. The standard InChI is InChI=1S/C21H22O2/c1-12-9-15-16-3-4-18(23)20(16,2)7-5-13-11-21(19(13)15)8-6-14(22)10-17(12)21/h6,8,10-11,15-16,19H,1,3-5,7,9H2,2H3/t15-,16-,19?,20-,21+/m0/s1. The Kier molecular flexibility index (Phi) is 2.40. The third-order valence-corrected chi connectivity index (χ3v) is 7.49. The first-order valence-electron chi connectivity index (χ1n) is 8.84. The molecule has 0 saturated heterocycles. The Labute approximate surface area is 137 Å². The second kappa shape index (κ2) is 4.03. The molecule has 5 aliphatic carbocycles. The van der Waals surface area contributed by atoms with Crippen molar-refractivity contribution >= 4 is 11.6 Å². The molecule has 2 heteroatoms. The maximum Gasteiger partial charge on any atom is 0.178 e. The molecule has 0 N–H and O–H groups in total. The molecule has 0 aromatic heterocycles. The Bertz CT molecular complexity index is 765.